The molecule has 0 bridgehead atoms. The number of Topliss-reactive ketones (excluding diaryl/α,β-unsaturated/α-hetero) is 1. The summed E-state index contributed by atoms with van der Waals surface area (Å²) in [5.41, 5.74) is 1.97. The van der Waals surface area contributed by atoms with Crippen molar-refractivity contribution in [1.29, 1.82) is 0 Å². The lowest BCUT2D eigenvalue weighted by Crippen LogP contribution is -2.05. The molecular formula is C20H15BrO3. The Balaban J connectivity index is 1.82. The van der Waals surface area contributed by atoms with Crippen molar-refractivity contribution in [2.75, 3.05) is 0 Å². The minimum absolute atomic E-state index is 0.0627. The highest BCUT2D eigenvalue weighted by Gasteiger charge is 2.12. The largest absolute Gasteiger partial charge is 0.422 e. The average molecular weight is 383 g/mol. The third kappa shape index (κ3) is 3.89. The van der Waals surface area contributed by atoms with Crippen molar-refractivity contribution in [2.24, 2.45) is 0 Å². The van der Waals surface area contributed by atoms with E-state index >= 15 is 0 Å². The normalized spacial score (nSPS) is 10.5. The zero-order valence-corrected chi connectivity index (χ0v) is 14.5. The second kappa shape index (κ2) is 7.41. The number of rotatable bonds is 5. The molecule has 0 unspecified atom stereocenters. The first kappa shape index (κ1) is 16.4. The maximum Gasteiger partial charge on any atom is 0.336 e. The molecule has 1 heterocycles. The van der Waals surface area contributed by atoms with Crippen LogP contribution in [-0.4, -0.2) is 5.78 Å². The van der Waals surface area contributed by atoms with Gasteiger partial charge < -0.3 is 4.42 Å². The molecule has 0 fully saturated rings. The van der Waals surface area contributed by atoms with Gasteiger partial charge in [0.1, 0.15) is 5.76 Å². The number of halogens is 1. The first-order valence-electron chi connectivity index (χ1n) is 7.61. The van der Waals surface area contributed by atoms with Gasteiger partial charge in [0, 0.05) is 28.1 Å². The molecule has 0 spiro atoms. The molecule has 1 aromatic heterocycles. The van der Waals surface area contributed by atoms with Gasteiger partial charge in [-0.05, 0) is 30.2 Å². The molecule has 4 heteroatoms. The lowest BCUT2D eigenvalue weighted by molar-refractivity contribution is 0.0983. The molecule has 3 aromatic rings. The van der Waals surface area contributed by atoms with E-state index in [4.69, 9.17) is 4.42 Å². The molecule has 2 aromatic carbocycles. The number of carbonyl (C=O) groups is 1. The van der Waals surface area contributed by atoms with Gasteiger partial charge in [-0.15, -0.1) is 0 Å². The second-order valence-electron chi connectivity index (χ2n) is 5.40. The Morgan fingerprint density at radius 2 is 1.62 bits per heavy atom. The van der Waals surface area contributed by atoms with E-state index in [1.807, 2.05) is 42.5 Å². The summed E-state index contributed by atoms with van der Waals surface area (Å²) < 4.78 is 6.32. The van der Waals surface area contributed by atoms with Gasteiger partial charge >= 0.3 is 5.63 Å². The third-order valence-corrected chi connectivity index (χ3v) is 4.27. The summed E-state index contributed by atoms with van der Waals surface area (Å²) in [5, 5.41) is 0. The second-order valence-corrected chi connectivity index (χ2v) is 6.32. The first-order chi connectivity index (χ1) is 11.6. The summed E-state index contributed by atoms with van der Waals surface area (Å²) >= 11 is 3.36. The van der Waals surface area contributed by atoms with Crippen LogP contribution in [0.1, 0.15) is 22.3 Å². The summed E-state index contributed by atoms with van der Waals surface area (Å²) in [5.74, 6) is 0.597. The number of aryl methyl sites for hydroxylation is 1. The molecule has 0 amide bonds. The van der Waals surface area contributed by atoms with Crippen LogP contribution in [0.5, 0.6) is 0 Å². The summed E-state index contributed by atoms with van der Waals surface area (Å²) in [6.07, 6.45) is 0.873. The van der Waals surface area contributed by atoms with E-state index in [-0.39, 0.29) is 5.78 Å². The number of carbonyl (C=O) groups excluding carboxylic acids is 1. The summed E-state index contributed by atoms with van der Waals surface area (Å²) in [6, 6.07) is 19.9. The van der Waals surface area contributed by atoms with Crippen LogP contribution in [0.2, 0.25) is 0 Å². The molecular weight excluding hydrogens is 368 g/mol. The highest BCUT2D eigenvalue weighted by Crippen LogP contribution is 2.23. The smallest absolute Gasteiger partial charge is 0.336 e. The molecule has 0 aliphatic rings. The molecule has 3 nitrogen and oxygen atoms in total. The van der Waals surface area contributed by atoms with Crippen LogP contribution in [0.25, 0.3) is 11.3 Å². The summed E-state index contributed by atoms with van der Waals surface area (Å²) in [4.78, 5) is 23.9. The molecule has 24 heavy (non-hydrogen) atoms. The van der Waals surface area contributed by atoms with E-state index in [1.54, 1.807) is 18.2 Å². The van der Waals surface area contributed by atoms with Crippen molar-refractivity contribution in [3.8, 4) is 11.3 Å². The highest BCUT2D eigenvalue weighted by molar-refractivity contribution is 9.10. The van der Waals surface area contributed by atoms with Gasteiger partial charge in [0.15, 0.2) is 5.78 Å². The maximum atomic E-state index is 12.3. The fraction of sp³-hybridized carbons (Fsp3) is 0.100. The van der Waals surface area contributed by atoms with E-state index in [0.717, 1.165) is 15.6 Å². The Bertz CT molecular complexity index is 896. The van der Waals surface area contributed by atoms with E-state index in [9.17, 15) is 9.59 Å². The quantitative estimate of drug-likeness (QED) is 0.590. The monoisotopic (exact) mass is 382 g/mol. The Kier molecular flexibility index (Phi) is 5.06. The number of benzene rings is 2. The van der Waals surface area contributed by atoms with Crippen LogP contribution in [0.4, 0.5) is 0 Å². The predicted molar refractivity (Wildman–Crippen MR) is 97.2 cm³/mol. The van der Waals surface area contributed by atoms with Crippen LogP contribution in [0.3, 0.4) is 0 Å². The fourth-order valence-electron chi connectivity index (χ4n) is 2.50. The molecule has 0 N–H and O–H groups in total. The van der Waals surface area contributed by atoms with E-state index in [1.165, 1.54) is 6.07 Å². The van der Waals surface area contributed by atoms with Gasteiger partial charge in [0.05, 0.1) is 0 Å². The molecule has 0 aliphatic carbocycles. The SMILES string of the molecule is O=C(CCc1ccc(=O)oc1-c1ccccc1)c1ccc(Br)cc1. The minimum atomic E-state index is -0.392. The zero-order valence-electron chi connectivity index (χ0n) is 12.9. The van der Waals surface area contributed by atoms with Crippen molar-refractivity contribution >= 4 is 21.7 Å². The van der Waals surface area contributed by atoms with Gasteiger partial charge in [0.2, 0.25) is 0 Å². The zero-order chi connectivity index (χ0) is 16.9. The average Bonchev–Trinajstić information content (AvgIpc) is 2.61. The number of ketones is 1. The highest BCUT2D eigenvalue weighted by atomic mass is 79.9. The van der Waals surface area contributed by atoms with Crippen LogP contribution >= 0.6 is 15.9 Å². The molecule has 0 saturated heterocycles. The lowest BCUT2D eigenvalue weighted by Gasteiger charge is -2.07. The van der Waals surface area contributed by atoms with Crippen LogP contribution < -0.4 is 5.63 Å². The first-order valence-corrected chi connectivity index (χ1v) is 8.40. The molecule has 0 aliphatic heterocycles. The van der Waals surface area contributed by atoms with E-state index in [2.05, 4.69) is 15.9 Å². The summed E-state index contributed by atoms with van der Waals surface area (Å²) in [6.45, 7) is 0. The standard InChI is InChI=1S/C20H15BrO3/c21-17-10-6-14(7-11-17)18(22)12-8-16-9-13-19(23)24-20(16)15-4-2-1-3-5-15/h1-7,9-11,13H,8,12H2. The lowest BCUT2D eigenvalue weighted by atomic mass is 10.00. The van der Waals surface area contributed by atoms with Gasteiger partial charge in [-0.2, -0.15) is 0 Å². The van der Waals surface area contributed by atoms with E-state index in [0.29, 0.717) is 24.2 Å². The van der Waals surface area contributed by atoms with Gasteiger partial charge in [-0.3, -0.25) is 4.79 Å². The maximum absolute atomic E-state index is 12.3. The Hall–Kier alpha value is -2.46. The number of hydrogen-bond donors (Lipinski definition) is 0. The molecule has 3 rings (SSSR count). The molecule has 0 saturated carbocycles. The summed E-state index contributed by atoms with van der Waals surface area (Å²) in [7, 11) is 0. The van der Waals surface area contributed by atoms with Crippen molar-refractivity contribution in [1.82, 2.24) is 0 Å². The Morgan fingerprint density at radius 1 is 0.917 bits per heavy atom. The Labute approximate surface area is 148 Å². The van der Waals surface area contributed by atoms with Crippen molar-refractivity contribution in [3.05, 3.63) is 92.7 Å². The minimum Gasteiger partial charge on any atom is -0.422 e. The molecule has 0 radical (unpaired) electrons. The van der Waals surface area contributed by atoms with Crippen molar-refractivity contribution in [2.45, 2.75) is 12.8 Å². The van der Waals surface area contributed by atoms with Crippen LogP contribution in [0, 0.1) is 0 Å². The van der Waals surface area contributed by atoms with Crippen LogP contribution in [-0.2, 0) is 6.42 Å². The topological polar surface area (TPSA) is 47.3 Å². The fourth-order valence-corrected chi connectivity index (χ4v) is 2.77. The van der Waals surface area contributed by atoms with Gasteiger partial charge in [-0.1, -0.05) is 58.4 Å². The van der Waals surface area contributed by atoms with Gasteiger partial charge in [-0.25, -0.2) is 4.79 Å². The van der Waals surface area contributed by atoms with Crippen LogP contribution in [0.15, 0.2) is 80.4 Å². The van der Waals surface area contributed by atoms with Crippen molar-refractivity contribution < 1.29 is 9.21 Å². The molecule has 120 valence electrons. The van der Waals surface area contributed by atoms with Gasteiger partial charge in [0.25, 0.3) is 0 Å². The molecule has 0 atom stereocenters. The third-order valence-electron chi connectivity index (χ3n) is 3.74. The van der Waals surface area contributed by atoms with E-state index < -0.39 is 5.63 Å². The Morgan fingerprint density at radius 3 is 2.33 bits per heavy atom. The predicted octanol–water partition coefficient (Wildman–Crippen LogP) is 4.88. The number of hydrogen-bond acceptors (Lipinski definition) is 3. The van der Waals surface area contributed by atoms with Crippen molar-refractivity contribution in [3.63, 3.8) is 0 Å².